The first-order valence-corrected chi connectivity index (χ1v) is 8.31. The number of nitrogens with zero attached hydrogens (tertiary/aromatic N) is 2. The number of aromatic nitrogens is 2. The van der Waals surface area contributed by atoms with Crippen molar-refractivity contribution in [1.82, 2.24) is 9.97 Å². The highest BCUT2D eigenvalue weighted by Gasteiger charge is 2.22. The molecule has 0 unspecified atom stereocenters. The van der Waals surface area contributed by atoms with Crippen molar-refractivity contribution in [3.63, 3.8) is 0 Å². The van der Waals surface area contributed by atoms with Crippen LogP contribution in [-0.2, 0) is 4.74 Å². The molecular weight excluding hydrogens is 320 g/mol. The maximum atomic E-state index is 12.5. The zero-order valence-electron chi connectivity index (χ0n) is 14.7. The van der Waals surface area contributed by atoms with Crippen LogP contribution in [0.2, 0.25) is 0 Å². The van der Waals surface area contributed by atoms with Gasteiger partial charge in [-0.15, -0.1) is 0 Å². The number of carbonyl (C=O) groups excluding carboxylic acids is 2. The van der Waals surface area contributed by atoms with E-state index < -0.39 is 5.97 Å². The number of ether oxygens (including phenoxy) is 1. The number of H-pyrrole nitrogens is 1. The highest BCUT2D eigenvalue weighted by atomic mass is 16.5. The van der Waals surface area contributed by atoms with E-state index in [1.54, 1.807) is 26.1 Å². The van der Waals surface area contributed by atoms with Crippen LogP contribution in [0.3, 0.4) is 0 Å². The molecule has 0 radical (unpaired) electrons. The Hall–Kier alpha value is -2.83. The molecule has 2 N–H and O–H groups in total. The Kier molecular flexibility index (Phi) is 4.74. The third-order valence-corrected chi connectivity index (χ3v) is 4.51. The lowest BCUT2D eigenvalue weighted by molar-refractivity contribution is 0.0599. The second-order valence-corrected chi connectivity index (χ2v) is 6.17. The van der Waals surface area contributed by atoms with Crippen molar-refractivity contribution in [3.8, 4) is 0 Å². The lowest BCUT2D eigenvalue weighted by Gasteiger charge is -2.17. The summed E-state index contributed by atoms with van der Waals surface area (Å²) in [4.78, 5) is 33.9. The van der Waals surface area contributed by atoms with Crippen molar-refractivity contribution < 1.29 is 14.3 Å². The molecule has 1 fully saturated rings. The summed E-state index contributed by atoms with van der Waals surface area (Å²) in [7, 11) is 1.32. The molecular formula is C18H22N4O3. The van der Waals surface area contributed by atoms with Gasteiger partial charge < -0.3 is 19.9 Å². The Bertz CT molecular complexity index is 789. The first kappa shape index (κ1) is 17.0. The Morgan fingerprint density at radius 2 is 1.96 bits per heavy atom. The van der Waals surface area contributed by atoms with Gasteiger partial charge in [-0.2, -0.15) is 0 Å². The molecule has 132 valence electrons. The standard InChI is InChI=1S/C18H22N4O3/c1-11-15(18(24)25-3)12(2)20-16(11)17(23)21-14-7-6-13(10-19-14)22-8-4-5-9-22/h6-7,10,20H,4-5,8-9H2,1-3H3,(H,19,21,23). The number of carbonyl (C=O) groups is 2. The maximum absolute atomic E-state index is 12.5. The number of hydrogen-bond donors (Lipinski definition) is 2. The van der Waals surface area contributed by atoms with E-state index in [9.17, 15) is 9.59 Å². The zero-order valence-corrected chi connectivity index (χ0v) is 14.7. The minimum atomic E-state index is -0.460. The minimum absolute atomic E-state index is 0.336. The van der Waals surface area contributed by atoms with E-state index in [0.29, 0.717) is 28.3 Å². The molecule has 1 aliphatic heterocycles. The van der Waals surface area contributed by atoms with Gasteiger partial charge in [0.1, 0.15) is 11.5 Å². The van der Waals surface area contributed by atoms with E-state index in [1.165, 1.54) is 20.0 Å². The zero-order chi connectivity index (χ0) is 18.0. The number of pyridine rings is 1. The molecule has 0 spiro atoms. The minimum Gasteiger partial charge on any atom is -0.465 e. The number of anilines is 2. The molecule has 7 nitrogen and oxygen atoms in total. The average Bonchev–Trinajstić information content (AvgIpc) is 3.23. The molecule has 7 heteroatoms. The molecule has 0 saturated carbocycles. The third kappa shape index (κ3) is 3.35. The topological polar surface area (TPSA) is 87.3 Å². The fourth-order valence-electron chi connectivity index (χ4n) is 3.19. The molecule has 0 aromatic carbocycles. The van der Waals surface area contributed by atoms with Gasteiger partial charge in [-0.3, -0.25) is 4.79 Å². The molecule has 1 aliphatic rings. The fraction of sp³-hybridized carbons (Fsp3) is 0.389. The van der Waals surface area contributed by atoms with Crippen molar-refractivity contribution >= 4 is 23.4 Å². The van der Waals surface area contributed by atoms with E-state index in [1.807, 2.05) is 6.07 Å². The number of esters is 1. The Morgan fingerprint density at radius 3 is 2.56 bits per heavy atom. The summed E-state index contributed by atoms with van der Waals surface area (Å²) >= 11 is 0. The maximum Gasteiger partial charge on any atom is 0.339 e. The monoisotopic (exact) mass is 342 g/mol. The molecule has 1 amide bonds. The van der Waals surface area contributed by atoms with E-state index in [2.05, 4.69) is 20.2 Å². The molecule has 0 aliphatic carbocycles. The van der Waals surface area contributed by atoms with Crippen LogP contribution in [0.25, 0.3) is 0 Å². The number of methoxy groups -OCH3 is 1. The van der Waals surface area contributed by atoms with Gasteiger partial charge in [-0.05, 0) is 44.4 Å². The second-order valence-electron chi connectivity index (χ2n) is 6.17. The second kappa shape index (κ2) is 6.96. The van der Waals surface area contributed by atoms with Crippen molar-refractivity contribution in [2.45, 2.75) is 26.7 Å². The summed E-state index contributed by atoms with van der Waals surface area (Å²) in [6.45, 7) is 5.54. The summed E-state index contributed by atoms with van der Waals surface area (Å²) in [5.41, 5.74) is 2.96. The van der Waals surface area contributed by atoms with E-state index in [0.717, 1.165) is 18.8 Å². The average molecular weight is 342 g/mol. The molecule has 0 atom stereocenters. The number of aryl methyl sites for hydroxylation is 1. The number of hydrogen-bond acceptors (Lipinski definition) is 5. The quantitative estimate of drug-likeness (QED) is 0.834. The normalized spacial score (nSPS) is 13.8. The van der Waals surface area contributed by atoms with Gasteiger partial charge in [0, 0.05) is 18.8 Å². The van der Waals surface area contributed by atoms with Crippen LogP contribution in [0, 0.1) is 13.8 Å². The predicted molar refractivity (Wildman–Crippen MR) is 95.2 cm³/mol. The SMILES string of the molecule is COC(=O)c1c(C)[nH]c(C(=O)Nc2ccc(N3CCCC3)cn2)c1C. The van der Waals surface area contributed by atoms with Gasteiger partial charge in [0.05, 0.1) is 24.6 Å². The third-order valence-electron chi connectivity index (χ3n) is 4.51. The van der Waals surface area contributed by atoms with Gasteiger partial charge in [-0.25, -0.2) is 9.78 Å². The number of amides is 1. The van der Waals surface area contributed by atoms with Crippen LogP contribution < -0.4 is 10.2 Å². The van der Waals surface area contributed by atoms with Gasteiger partial charge >= 0.3 is 5.97 Å². The number of nitrogens with one attached hydrogen (secondary N) is 2. The fourth-order valence-corrected chi connectivity index (χ4v) is 3.19. The highest BCUT2D eigenvalue weighted by molar-refractivity contribution is 6.06. The number of rotatable bonds is 4. The van der Waals surface area contributed by atoms with Crippen LogP contribution in [0.15, 0.2) is 18.3 Å². The van der Waals surface area contributed by atoms with Crippen LogP contribution in [0.5, 0.6) is 0 Å². The van der Waals surface area contributed by atoms with Crippen LogP contribution in [0.4, 0.5) is 11.5 Å². The van der Waals surface area contributed by atoms with Crippen molar-refractivity contribution in [2.75, 3.05) is 30.4 Å². The van der Waals surface area contributed by atoms with Crippen molar-refractivity contribution in [3.05, 3.63) is 40.8 Å². The van der Waals surface area contributed by atoms with Gasteiger partial charge in [0.15, 0.2) is 0 Å². The van der Waals surface area contributed by atoms with Crippen LogP contribution in [-0.4, -0.2) is 42.0 Å². The smallest absolute Gasteiger partial charge is 0.339 e. The lowest BCUT2D eigenvalue weighted by Crippen LogP contribution is -2.18. The van der Waals surface area contributed by atoms with E-state index in [4.69, 9.17) is 4.74 Å². The Balaban J connectivity index is 1.75. The summed E-state index contributed by atoms with van der Waals surface area (Å²) in [5, 5.41) is 2.76. The van der Waals surface area contributed by atoms with E-state index in [-0.39, 0.29) is 5.91 Å². The van der Waals surface area contributed by atoms with Crippen molar-refractivity contribution in [2.24, 2.45) is 0 Å². The Morgan fingerprint density at radius 1 is 1.24 bits per heavy atom. The summed E-state index contributed by atoms with van der Waals surface area (Å²) in [6.07, 6.45) is 4.17. The summed E-state index contributed by atoms with van der Waals surface area (Å²) in [5.74, 6) is -0.324. The summed E-state index contributed by atoms with van der Waals surface area (Å²) < 4.78 is 4.76. The highest BCUT2D eigenvalue weighted by Crippen LogP contribution is 2.22. The Labute approximate surface area is 146 Å². The molecule has 3 rings (SSSR count). The molecule has 2 aromatic heterocycles. The largest absolute Gasteiger partial charge is 0.465 e. The molecule has 3 heterocycles. The predicted octanol–water partition coefficient (Wildman–Crippen LogP) is 2.67. The van der Waals surface area contributed by atoms with Crippen LogP contribution >= 0.6 is 0 Å². The molecule has 2 aromatic rings. The van der Waals surface area contributed by atoms with Crippen LogP contribution in [0.1, 0.15) is 44.9 Å². The lowest BCUT2D eigenvalue weighted by atomic mass is 10.1. The summed E-state index contributed by atoms with van der Waals surface area (Å²) in [6, 6.07) is 3.75. The van der Waals surface area contributed by atoms with Gasteiger partial charge in [0.25, 0.3) is 5.91 Å². The molecule has 25 heavy (non-hydrogen) atoms. The first-order valence-electron chi connectivity index (χ1n) is 8.31. The van der Waals surface area contributed by atoms with Crippen molar-refractivity contribution in [1.29, 1.82) is 0 Å². The van der Waals surface area contributed by atoms with Gasteiger partial charge in [-0.1, -0.05) is 0 Å². The van der Waals surface area contributed by atoms with Gasteiger partial charge in [0.2, 0.25) is 0 Å². The number of aromatic amines is 1. The molecule has 1 saturated heterocycles. The first-order chi connectivity index (χ1) is 12.0. The van der Waals surface area contributed by atoms with E-state index >= 15 is 0 Å². The molecule has 0 bridgehead atoms.